The van der Waals surface area contributed by atoms with Crippen molar-refractivity contribution in [2.75, 3.05) is 112 Å². The first-order valence-electron chi connectivity index (χ1n) is 12.7. The summed E-state index contributed by atoms with van der Waals surface area (Å²) in [6.07, 6.45) is 0. The van der Waals surface area contributed by atoms with Crippen molar-refractivity contribution in [3.63, 3.8) is 0 Å². The zero-order valence-electron chi connectivity index (χ0n) is 23.5. The Balaban J connectivity index is 0. The summed E-state index contributed by atoms with van der Waals surface area (Å²) in [5.41, 5.74) is 1.65. The zero-order valence-corrected chi connectivity index (χ0v) is 26.3. The van der Waals surface area contributed by atoms with Crippen molar-refractivity contribution in [1.82, 2.24) is 0 Å². The van der Waals surface area contributed by atoms with E-state index in [2.05, 4.69) is 5.32 Å². The van der Waals surface area contributed by atoms with E-state index in [0.29, 0.717) is 98.2 Å². The molecule has 1 aromatic rings. The molecule has 219 valence electrons. The van der Waals surface area contributed by atoms with Crippen molar-refractivity contribution < 1.29 is 80.1 Å². The van der Waals surface area contributed by atoms with E-state index < -0.39 is 0 Å². The Hall–Kier alpha value is -0.886. The van der Waals surface area contributed by atoms with Gasteiger partial charge in [-0.3, -0.25) is 0 Å². The molecule has 0 bridgehead atoms. The first-order valence-corrected chi connectivity index (χ1v) is 12.7. The van der Waals surface area contributed by atoms with Crippen LogP contribution in [0.5, 0.6) is 5.75 Å². The molecule has 0 aliphatic heterocycles. The number of hydrogen-bond acceptors (Lipinski definition) is 11. The zero-order chi connectivity index (χ0) is 27.2. The van der Waals surface area contributed by atoms with Crippen LogP contribution in [-0.4, -0.2) is 113 Å². The van der Waals surface area contributed by atoms with Gasteiger partial charge >= 0.3 is 0 Å². The fraction of sp³-hybridized carbons (Fsp3) is 0.731. The Morgan fingerprint density at radius 3 is 1.50 bits per heavy atom. The summed E-state index contributed by atoms with van der Waals surface area (Å²) in [4.78, 5) is 10.3. The van der Waals surface area contributed by atoms with Gasteiger partial charge in [-0.25, -0.2) is 0 Å². The number of ether oxygens (including phenoxy) is 9. The summed E-state index contributed by atoms with van der Waals surface area (Å²) in [5, 5.41) is 3.04. The predicted octanol–water partition coefficient (Wildman–Crippen LogP) is 2.46. The molecule has 0 fully saturated rings. The largest absolute Gasteiger partial charge is 0.650 e. The number of benzene rings is 1. The quantitative estimate of drug-likeness (QED) is 0.122. The Labute approximate surface area is 253 Å². The molecular weight excluding hydrogens is 575 g/mol. The molecule has 0 saturated heterocycles. The summed E-state index contributed by atoms with van der Waals surface area (Å²) in [6.45, 7) is 12.5. The van der Waals surface area contributed by atoms with Gasteiger partial charge < -0.3 is 52.7 Å². The van der Waals surface area contributed by atoms with E-state index in [-0.39, 0.29) is 39.3 Å². The summed E-state index contributed by atoms with van der Waals surface area (Å²) in [7, 11) is 3.46. The number of hydrogen-bond donors (Lipinski definition) is 1. The second-order valence-corrected chi connectivity index (χ2v) is 6.96. The molecule has 1 aromatic carbocycles. The summed E-state index contributed by atoms with van der Waals surface area (Å²) in [5.74, 6) is 0.629. The van der Waals surface area contributed by atoms with Crippen LogP contribution < -0.4 is 10.1 Å². The molecule has 1 N–H and O–H groups in total. The van der Waals surface area contributed by atoms with Crippen LogP contribution in [0.2, 0.25) is 0 Å². The average Bonchev–Trinajstić information content (AvgIpc) is 2.94. The van der Waals surface area contributed by atoms with Crippen LogP contribution in [-0.2, 0) is 82.0 Å². The minimum atomic E-state index is 0. The van der Waals surface area contributed by atoms with E-state index in [1.54, 1.807) is 7.11 Å². The first kappa shape index (κ1) is 39.3. The predicted molar refractivity (Wildman–Crippen MR) is 140 cm³/mol. The summed E-state index contributed by atoms with van der Waals surface area (Å²) in [6, 6.07) is 5.55. The van der Waals surface area contributed by atoms with E-state index >= 15 is 0 Å². The maximum Gasteiger partial charge on any atom is 0.127 e. The van der Waals surface area contributed by atoms with E-state index in [9.17, 15) is 4.79 Å². The Bertz CT molecular complexity index is 628. The monoisotopic (exact) mass is 621 g/mol. The van der Waals surface area contributed by atoms with Gasteiger partial charge in [-0.05, 0) is 12.1 Å². The molecule has 0 aromatic heterocycles. The van der Waals surface area contributed by atoms with Crippen molar-refractivity contribution in [1.29, 1.82) is 0 Å². The summed E-state index contributed by atoms with van der Waals surface area (Å²) >= 11 is 0. The van der Waals surface area contributed by atoms with Crippen molar-refractivity contribution in [2.45, 2.75) is 20.5 Å². The van der Waals surface area contributed by atoms with Crippen LogP contribution >= 0.6 is 0 Å². The van der Waals surface area contributed by atoms with Crippen molar-refractivity contribution >= 4 is 12.2 Å². The van der Waals surface area contributed by atoms with Crippen LogP contribution in [0.15, 0.2) is 18.2 Å². The van der Waals surface area contributed by atoms with Gasteiger partial charge in [0.05, 0.1) is 92.5 Å². The Morgan fingerprint density at radius 2 is 1.11 bits per heavy atom. The molecule has 0 aliphatic carbocycles. The minimum Gasteiger partial charge on any atom is -0.650 e. The molecule has 0 atom stereocenters. The number of anilines is 1. The van der Waals surface area contributed by atoms with Crippen LogP contribution in [0.1, 0.15) is 19.4 Å². The van der Waals surface area contributed by atoms with Gasteiger partial charge in [0.25, 0.3) is 0 Å². The first-order chi connectivity index (χ1) is 18.3. The molecule has 38 heavy (non-hydrogen) atoms. The molecule has 0 spiro atoms. The number of nitrogens with one attached hydrogen (secondary N) is 1. The van der Waals surface area contributed by atoms with Gasteiger partial charge in [0.15, 0.2) is 0 Å². The van der Waals surface area contributed by atoms with Gasteiger partial charge in [0, 0.05) is 64.2 Å². The second-order valence-electron chi connectivity index (χ2n) is 6.96. The second kappa shape index (κ2) is 32.3. The maximum atomic E-state index is 10.3. The van der Waals surface area contributed by atoms with Gasteiger partial charge in [0.1, 0.15) is 12.4 Å². The van der Waals surface area contributed by atoms with E-state index in [4.69, 9.17) is 42.6 Å². The van der Waals surface area contributed by atoms with Crippen molar-refractivity contribution in [3.8, 4) is 5.75 Å². The van der Waals surface area contributed by atoms with E-state index in [1.165, 1.54) is 6.47 Å². The third-order valence-electron chi connectivity index (χ3n) is 4.42. The molecule has 0 unspecified atom stereocenters. The normalized spacial score (nSPS) is 10.2. The van der Waals surface area contributed by atoms with Crippen LogP contribution in [0.25, 0.3) is 0 Å². The molecular formula is C26H46NO10Y-. The van der Waals surface area contributed by atoms with E-state index in [1.807, 2.05) is 39.1 Å². The molecule has 1 rings (SSSR count). The minimum absolute atomic E-state index is 0. The Kier molecular flexibility index (Phi) is 33.4. The average molecular weight is 622 g/mol. The van der Waals surface area contributed by atoms with Crippen LogP contribution in [0.4, 0.5) is 5.69 Å². The third-order valence-corrected chi connectivity index (χ3v) is 4.42. The molecule has 0 aliphatic rings. The molecule has 0 saturated carbocycles. The molecule has 0 heterocycles. The SMILES string of the molecule is CC.CNc1ccc(CO[C-]=O)c(OCCOCCOCCOCCOCCOCCOCCOC)c1.[Y]. The number of methoxy groups -OCH3 is 1. The van der Waals surface area contributed by atoms with Crippen molar-refractivity contribution in [2.24, 2.45) is 0 Å². The smallest absolute Gasteiger partial charge is 0.127 e. The fourth-order valence-electron chi connectivity index (χ4n) is 2.63. The Morgan fingerprint density at radius 1 is 0.684 bits per heavy atom. The summed E-state index contributed by atoms with van der Waals surface area (Å²) < 4.78 is 47.8. The van der Waals surface area contributed by atoms with Crippen LogP contribution in [0.3, 0.4) is 0 Å². The molecule has 12 heteroatoms. The van der Waals surface area contributed by atoms with Crippen molar-refractivity contribution in [3.05, 3.63) is 23.8 Å². The molecule has 0 amide bonds. The maximum absolute atomic E-state index is 10.3. The van der Waals surface area contributed by atoms with Gasteiger partial charge in [-0.15, -0.1) is 0 Å². The van der Waals surface area contributed by atoms with Gasteiger partial charge in [-0.1, -0.05) is 20.3 Å². The van der Waals surface area contributed by atoms with Crippen LogP contribution in [0, 0.1) is 0 Å². The fourth-order valence-corrected chi connectivity index (χ4v) is 2.63. The van der Waals surface area contributed by atoms with Gasteiger partial charge in [0.2, 0.25) is 0 Å². The molecule has 1 radical (unpaired) electrons. The van der Waals surface area contributed by atoms with Gasteiger partial charge in [-0.2, -0.15) is 0 Å². The topological polar surface area (TPSA) is 112 Å². The molecule has 11 nitrogen and oxygen atoms in total. The van der Waals surface area contributed by atoms with E-state index in [0.717, 1.165) is 11.3 Å². The number of carbonyl (C=O) groups excluding carboxylic acids is 1. The standard InChI is InChI=1S/C24H40NO10.C2H6.Y/c1-25-23-4-3-22(20-34-21-26)24(19-23)35-18-17-33-16-15-32-14-13-31-12-11-30-10-9-29-8-7-28-6-5-27-2;1-2;/h3-4,19,25H,5-18,20H2,1-2H3;1-2H3;/q-1;;. The third kappa shape index (κ3) is 24.2. The number of rotatable bonds is 26.